The van der Waals surface area contributed by atoms with Crippen LogP contribution in [0.2, 0.25) is 5.02 Å². The number of halogens is 1. The van der Waals surface area contributed by atoms with Gasteiger partial charge in [-0.05, 0) is 13.0 Å². The molecule has 0 fully saturated rings. The van der Waals surface area contributed by atoms with E-state index < -0.39 is 11.0 Å². The van der Waals surface area contributed by atoms with Crippen molar-refractivity contribution in [1.82, 2.24) is 5.43 Å². The van der Waals surface area contributed by atoms with Gasteiger partial charge in [0.25, 0.3) is 5.69 Å². The molecule has 90 valence electrons. The number of nitro benzene ring substituents is 1. The summed E-state index contributed by atoms with van der Waals surface area (Å²) in [7, 11) is 0. The molecule has 0 heterocycles. The minimum Gasteiger partial charge on any atom is -0.350 e. The number of non-ortho nitro benzene ring substituents is 1. The van der Waals surface area contributed by atoms with Gasteiger partial charge in [-0.2, -0.15) is 5.10 Å². The Labute approximate surface area is 101 Å². The molecule has 1 aromatic rings. The topological polar surface area (TPSA) is 111 Å². The van der Waals surface area contributed by atoms with Crippen LogP contribution >= 0.6 is 11.6 Å². The number of primary amides is 1. The van der Waals surface area contributed by atoms with E-state index in [1.807, 2.05) is 5.43 Å². The predicted molar refractivity (Wildman–Crippen MR) is 63.0 cm³/mol. The fraction of sp³-hybridized carbons (Fsp3) is 0.111. The average Bonchev–Trinajstić information content (AvgIpc) is 2.26. The third-order valence-electron chi connectivity index (χ3n) is 1.88. The fourth-order valence-electron chi connectivity index (χ4n) is 1.10. The molecule has 7 nitrogen and oxygen atoms in total. The highest BCUT2D eigenvalue weighted by atomic mass is 35.5. The maximum atomic E-state index is 10.6. The smallest absolute Gasteiger partial charge is 0.332 e. The maximum absolute atomic E-state index is 10.6. The largest absolute Gasteiger partial charge is 0.350 e. The van der Waals surface area contributed by atoms with E-state index in [2.05, 4.69) is 5.10 Å². The van der Waals surface area contributed by atoms with E-state index in [0.29, 0.717) is 16.3 Å². The lowest BCUT2D eigenvalue weighted by Gasteiger charge is -2.03. The van der Waals surface area contributed by atoms with E-state index in [0.717, 1.165) is 0 Å². The number of benzene rings is 1. The van der Waals surface area contributed by atoms with Gasteiger partial charge in [-0.1, -0.05) is 11.6 Å². The van der Waals surface area contributed by atoms with Crippen LogP contribution in [0.25, 0.3) is 0 Å². The van der Waals surface area contributed by atoms with Gasteiger partial charge in [0.2, 0.25) is 0 Å². The third-order valence-corrected chi connectivity index (χ3v) is 2.21. The number of urea groups is 1. The summed E-state index contributed by atoms with van der Waals surface area (Å²) in [5, 5.41) is 14.5. The van der Waals surface area contributed by atoms with Crippen LogP contribution in [0, 0.1) is 10.1 Å². The lowest BCUT2D eigenvalue weighted by Crippen LogP contribution is -2.25. The van der Waals surface area contributed by atoms with Crippen molar-refractivity contribution in [3.8, 4) is 0 Å². The number of hydrogen-bond donors (Lipinski definition) is 2. The fourth-order valence-corrected chi connectivity index (χ4v) is 1.36. The second-order valence-electron chi connectivity index (χ2n) is 3.09. The van der Waals surface area contributed by atoms with Gasteiger partial charge in [0.05, 0.1) is 15.7 Å². The number of rotatable bonds is 3. The molecule has 1 aromatic carbocycles. The van der Waals surface area contributed by atoms with E-state index in [4.69, 9.17) is 17.3 Å². The van der Waals surface area contributed by atoms with E-state index in [1.54, 1.807) is 6.92 Å². The molecular formula is C9H9ClN4O3. The molecule has 0 saturated heterocycles. The molecule has 0 aliphatic carbocycles. The molecule has 3 N–H and O–H groups in total. The molecule has 0 bridgehead atoms. The van der Waals surface area contributed by atoms with Crippen LogP contribution in [-0.4, -0.2) is 16.7 Å². The Balaban J connectivity index is 3.11. The van der Waals surface area contributed by atoms with E-state index in [-0.39, 0.29) is 5.69 Å². The highest BCUT2D eigenvalue weighted by Gasteiger charge is 2.11. The lowest BCUT2D eigenvalue weighted by molar-refractivity contribution is -0.384. The molecule has 0 aliphatic heterocycles. The van der Waals surface area contributed by atoms with Crippen molar-refractivity contribution in [1.29, 1.82) is 0 Å². The normalized spacial score (nSPS) is 11.1. The Kier molecular flexibility index (Phi) is 4.00. The number of hydrogen-bond acceptors (Lipinski definition) is 4. The van der Waals surface area contributed by atoms with Crippen molar-refractivity contribution in [2.75, 3.05) is 0 Å². The third kappa shape index (κ3) is 3.42. The molecule has 0 unspecified atom stereocenters. The number of nitrogens with two attached hydrogens (primary N) is 1. The Morgan fingerprint density at radius 2 is 2.24 bits per heavy atom. The summed E-state index contributed by atoms with van der Waals surface area (Å²) in [6, 6.07) is 3.11. The standard InChI is InChI=1S/C9H9ClN4O3/c1-5(12-13-9(11)15)7-4-6(14(16)17)2-3-8(7)10/h2-4H,1H3,(H3,11,13,15)/b12-5+. The van der Waals surface area contributed by atoms with Crippen molar-refractivity contribution in [2.45, 2.75) is 6.92 Å². The molecule has 1 rings (SSSR count). The van der Waals surface area contributed by atoms with Gasteiger partial charge in [0.1, 0.15) is 0 Å². The molecule has 0 aliphatic rings. The summed E-state index contributed by atoms with van der Waals surface area (Å²) in [4.78, 5) is 20.5. The summed E-state index contributed by atoms with van der Waals surface area (Å²) < 4.78 is 0. The number of nitrogens with zero attached hydrogens (tertiary/aromatic N) is 2. The van der Waals surface area contributed by atoms with Crippen LogP contribution in [0.3, 0.4) is 0 Å². The summed E-state index contributed by atoms with van der Waals surface area (Å²) in [5.74, 6) is 0. The van der Waals surface area contributed by atoms with Crippen molar-refractivity contribution in [3.63, 3.8) is 0 Å². The van der Waals surface area contributed by atoms with Crippen molar-refractivity contribution in [2.24, 2.45) is 10.8 Å². The first-order valence-corrected chi connectivity index (χ1v) is 4.83. The van der Waals surface area contributed by atoms with Gasteiger partial charge < -0.3 is 5.73 Å². The van der Waals surface area contributed by atoms with Crippen molar-refractivity contribution < 1.29 is 9.72 Å². The molecular weight excluding hydrogens is 248 g/mol. The van der Waals surface area contributed by atoms with Gasteiger partial charge in [-0.15, -0.1) is 0 Å². The highest BCUT2D eigenvalue weighted by Crippen LogP contribution is 2.22. The maximum Gasteiger partial charge on any atom is 0.332 e. The molecule has 8 heteroatoms. The average molecular weight is 257 g/mol. The highest BCUT2D eigenvalue weighted by molar-refractivity contribution is 6.34. The van der Waals surface area contributed by atoms with Crippen LogP contribution in [0.4, 0.5) is 10.5 Å². The van der Waals surface area contributed by atoms with Crippen LogP contribution in [-0.2, 0) is 0 Å². The Morgan fingerprint density at radius 1 is 1.59 bits per heavy atom. The SMILES string of the molecule is C/C(=N\NC(N)=O)c1cc([N+](=O)[O-])ccc1Cl. The van der Waals surface area contributed by atoms with Gasteiger partial charge in [-0.3, -0.25) is 10.1 Å². The predicted octanol–water partition coefficient (Wildman–Crippen LogP) is 1.64. The van der Waals surface area contributed by atoms with E-state index in [9.17, 15) is 14.9 Å². The minimum atomic E-state index is -0.828. The van der Waals surface area contributed by atoms with Gasteiger partial charge >= 0.3 is 6.03 Å². The Bertz CT molecular complexity index is 501. The zero-order chi connectivity index (χ0) is 13.0. The number of carbonyl (C=O) groups is 1. The Hall–Kier alpha value is -2.15. The first-order chi connectivity index (χ1) is 7.91. The molecule has 0 radical (unpaired) electrons. The number of amides is 2. The Morgan fingerprint density at radius 3 is 2.76 bits per heavy atom. The monoisotopic (exact) mass is 256 g/mol. The van der Waals surface area contributed by atoms with Crippen molar-refractivity contribution >= 4 is 29.0 Å². The zero-order valence-electron chi connectivity index (χ0n) is 8.81. The second kappa shape index (κ2) is 5.26. The van der Waals surface area contributed by atoms with Crippen LogP contribution in [0.15, 0.2) is 23.3 Å². The molecule has 0 saturated carbocycles. The van der Waals surface area contributed by atoms with Gasteiger partial charge in [0, 0.05) is 17.7 Å². The molecule has 0 aromatic heterocycles. The molecule has 2 amide bonds. The quantitative estimate of drug-likeness (QED) is 0.487. The summed E-state index contributed by atoms with van der Waals surface area (Å²) in [6.45, 7) is 1.54. The zero-order valence-corrected chi connectivity index (χ0v) is 9.56. The van der Waals surface area contributed by atoms with Crippen molar-refractivity contribution in [3.05, 3.63) is 38.9 Å². The number of hydrazone groups is 1. The second-order valence-corrected chi connectivity index (χ2v) is 3.50. The van der Waals surface area contributed by atoms with Gasteiger partial charge in [0.15, 0.2) is 0 Å². The number of nitro groups is 1. The molecule has 17 heavy (non-hydrogen) atoms. The molecule has 0 atom stereocenters. The van der Waals surface area contributed by atoms with Crippen LogP contribution < -0.4 is 11.2 Å². The van der Waals surface area contributed by atoms with E-state index in [1.165, 1.54) is 18.2 Å². The molecule has 0 spiro atoms. The summed E-state index contributed by atoms with van der Waals surface area (Å²) in [5.41, 5.74) is 7.41. The first kappa shape index (κ1) is 12.9. The van der Waals surface area contributed by atoms with Gasteiger partial charge in [-0.25, -0.2) is 10.2 Å². The summed E-state index contributed by atoms with van der Waals surface area (Å²) in [6.07, 6.45) is 0. The summed E-state index contributed by atoms with van der Waals surface area (Å²) >= 11 is 5.86. The number of nitrogens with one attached hydrogen (secondary N) is 1. The van der Waals surface area contributed by atoms with Crippen LogP contribution in [0.1, 0.15) is 12.5 Å². The number of carbonyl (C=O) groups excluding carboxylic acids is 1. The first-order valence-electron chi connectivity index (χ1n) is 4.46. The van der Waals surface area contributed by atoms with E-state index >= 15 is 0 Å². The minimum absolute atomic E-state index is 0.113. The lowest BCUT2D eigenvalue weighted by atomic mass is 10.1. The van der Waals surface area contributed by atoms with Crippen LogP contribution in [0.5, 0.6) is 0 Å².